The summed E-state index contributed by atoms with van der Waals surface area (Å²) < 4.78 is 56.4. The van der Waals surface area contributed by atoms with Crippen LogP contribution in [-0.2, 0) is 33.2 Å². The van der Waals surface area contributed by atoms with Crippen LogP contribution in [-0.4, -0.2) is 77.6 Å². The zero-order valence-corrected chi connectivity index (χ0v) is 22.7. The number of hydrogen-bond acceptors (Lipinski definition) is 5. The van der Waals surface area contributed by atoms with Gasteiger partial charge < -0.3 is 4.90 Å². The molecule has 0 saturated carbocycles. The quantitative estimate of drug-likeness (QED) is 0.500. The van der Waals surface area contributed by atoms with Gasteiger partial charge in [0.05, 0.1) is 4.90 Å². The molecule has 11 heteroatoms. The molecule has 0 radical (unpaired) electrons. The van der Waals surface area contributed by atoms with E-state index in [9.17, 15) is 16.8 Å². The van der Waals surface area contributed by atoms with Crippen LogP contribution in [0.5, 0.6) is 0 Å². The van der Waals surface area contributed by atoms with Crippen LogP contribution in [0.4, 0.5) is 5.69 Å². The van der Waals surface area contributed by atoms with Crippen LogP contribution < -0.4 is 4.90 Å². The highest BCUT2D eigenvalue weighted by molar-refractivity contribution is 7.89. The molecule has 1 aliphatic rings. The van der Waals surface area contributed by atoms with Crippen molar-refractivity contribution in [1.82, 2.24) is 12.9 Å². The molecule has 188 valence electrons. The van der Waals surface area contributed by atoms with Crippen molar-refractivity contribution < 1.29 is 16.8 Å². The molecule has 2 aromatic rings. The molecule has 8 nitrogen and oxygen atoms in total. The van der Waals surface area contributed by atoms with Gasteiger partial charge in [-0.05, 0) is 59.9 Å². The van der Waals surface area contributed by atoms with Crippen molar-refractivity contribution in [3.63, 3.8) is 0 Å². The second-order valence-electron chi connectivity index (χ2n) is 9.06. The normalized spacial score (nSPS) is 16.0. The molecule has 34 heavy (non-hydrogen) atoms. The number of rotatable bonds is 9. The number of halogens is 1. The van der Waals surface area contributed by atoms with Crippen LogP contribution >= 0.6 is 11.6 Å². The van der Waals surface area contributed by atoms with Crippen molar-refractivity contribution in [2.24, 2.45) is 5.92 Å². The molecule has 0 saturated heterocycles. The maximum Gasteiger partial charge on any atom is 0.282 e. The monoisotopic (exact) mass is 528 g/mol. The number of nitrogens with zero attached hydrogens (tertiary/aromatic N) is 4. The molecule has 0 unspecified atom stereocenters. The third-order valence-electron chi connectivity index (χ3n) is 6.06. The summed E-state index contributed by atoms with van der Waals surface area (Å²) in [5, 5.41) is 0.647. The smallest absolute Gasteiger partial charge is 0.282 e. The summed E-state index contributed by atoms with van der Waals surface area (Å²) in [4.78, 5) is 2.11. The lowest BCUT2D eigenvalue weighted by Crippen LogP contribution is -2.46. The van der Waals surface area contributed by atoms with Crippen LogP contribution in [0.1, 0.15) is 18.1 Å². The Bertz CT molecular complexity index is 1220. The molecule has 0 aliphatic carbocycles. The minimum Gasteiger partial charge on any atom is -0.378 e. The summed E-state index contributed by atoms with van der Waals surface area (Å²) in [6.07, 6.45) is 0.603. The Balaban J connectivity index is 1.63. The van der Waals surface area contributed by atoms with Gasteiger partial charge in [-0.25, -0.2) is 12.7 Å². The fourth-order valence-electron chi connectivity index (χ4n) is 4.11. The highest BCUT2D eigenvalue weighted by Crippen LogP contribution is 2.26. The largest absolute Gasteiger partial charge is 0.378 e. The molecular formula is C23H33ClN4O4S2. The summed E-state index contributed by atoms with van der Waals surface area (Å²) in [5.41, 5.74) is 2.93. The lowest BCUT2D eigenvalue weighted by atomic mass is 10.0. The van der Waals surface area contributed by atoms with Crippen molar-refractivity contribution in [2.75, 3.05) is 52.7 Å². The lowest BCUT2D eigenvalue weighted by Gasteiger charge is -2.33. The van der Waals surface area contributed by atoms with Crippen molar-refractivity contribution >= 4 is 37.5 Å². The molecule has 0 N–H and O–H groups in total. The number of benzene rings is 2. The Morgan fingerprint density at radius 1 is 0.912 bits per heavy atom. The Hall–Kier alpha value is -1.69. The van der Waals surface area contributed by atoms with Gasteiger partial charge in [-0.15, -0.1) is 0 Å². The summed E-state index contributed by atoms with van der Waals surface area (Å²) in [6, 6.07) is 12.2. The van der Waals surface area contributed by atoms with Crippen molar-refractivity contribution in [3.8, 4) is 0 Å². The Labute approximate surface area is 208 Å². The minimum atomic E-state index is -3.69. The van der Waals surface area contributed by atoms with Gasteiger partial charge >= 0.3 is 0 Å². The second-order valence-corrected chi connectivity index (χ2v) is 13.6. The van der Waals surface area contributed by atoms with Gasteiger partial charge in [0.25, 0.3) is 10.2 Å². The third kappa shape index (κ3) is 5.92. The van der Waals surface area contributed by atoms with E-state index < -0.39 is 20.2 Å². The Morgan fingerprint density at radius 2 is 1.53 bits per heavy atom. The molecular weight excluding hydrogens is 496 g/mol. The first-order chi connectivity index (χ1) is 15.8. The fourth-order valence-corrected chi connectivity index (χ4v) is 7.06. The van der Waals surface area contributed by atoms with E-state index in [0.717, 1.165) is 16.8 Å². The molecule has 1 atom stereocenters. The van der Waals surface area contributed by atoms with Gasteiger partial charge in [0.1, 0.15) is 0 Å². The van der Waals surface area contributed by atoms with Crippen molar-refractivity contribution in [2.45, 2.75) is 24.8 Å². The van der Waals surface area contributed by atoms with E-state index in [0.29, 0.717) is 24.5 Å². The number of anilines is 1. The zero-order valence-electron chi connectivity index (χ0n) is 20.3. The summed E-state index contributed by atoms with van der Waals surface area (Å²) >= 11 is 6.05. The van der Waals surface area contributed by atoms with Crippen molar-refractivity contribution in [1.29, 1.82) is 0 Å². The number of hydrogen-bond donors (Lipinski definition) is 0. The third-order valence-corrected chi connectivity index (χ3v) is 10.0. The minimum absolute atomic E-state index is 0.193. The van der Waals surface area contributed by atoms with Gasteiger partial charge in [-0.3, -0.25) is 0 Å². The molecule has 1 heterocycles. The standard InChI is InChI=1S/C23H33ClN4O4S2/c1-18(15-26(4)33(29,30)23-10-8-22(9-11-23)25(2)3)16-27(5)34(31,32)28-13-12-19-14-21(24)7-6-20(19)17-28/h6-11,14,18H,12-13,15-17H2,1-5H3/t18-/m0/s1. The van der Waals surface area contributed by atoms with E-state index in [1.165, 1.54) is 27.0 Å². The van der Waals surface area contributed by atoms with E-state index in [-0.39, 0.29) is 23.9 Å². The van der Waals surface area contributed by atoms with Gasteiger partial charge in [0.2, 0.25) is 10.0 Å². The second kappa shape index (κ2) is 10.5. The molecule has 2 aromatic carbocycles. The summed E-state index contributed by atoms with van der Waals surface area (Å²) in [5.74, 6) is -0.212. The highest BCUT2D eigenvalue weighted by Gasteiger charge is 2.32. The van der Waals surface area contributed by atoms with Crippen molar-refractivity contribution in [3.05, 3.63) is 58.6 Å². The van der Waals surface area contributed by atoms with Crippen LogP contribution in [0.15, 0.2) is 47.4 Å². The maximum atomic E-state index is 13.2. The van der Waals surface area contributed by atoms with E-state index in [1.54, 1.807) is 30.3 Å². The first-order valence-corrected chi connectivity index (χ1v) is 14.3. The Morgan fingerprint density at radius 3 is 2.15 bits per heavy atom. The van der Waals surface area contributed by atoms with E-state index in [2.05, 4.69) is 0 Å². The van der Waals surface area contributed by atoms with Gasteiger partial charge in [0, 0.05) is 65.1 Å². The van der Waals surface area contributed by atoms with Crippen LogP contribution in [0.25, 0.3) is 0 Å². The molecule has 0 bridgehead atoms. The molecule has 0 aromatic heterocycles. The van der Waals surface area contributed by atoms with Gasteiger partial charge in [-0.1, -0.05) is 24.6 Å². The van der Waals surface area contributed by atoms with E-state index in [1.807, 2.05) is 38.1 Å². The average molecular weight is 529 g/mol. The predicted octanol–water partition coefficient (Wildman–Crippen LogP) is 2.90. The van der Waals surface area contributed by atoms with Crippen LogP contribution in [0, 0.1) is 5.92 Å². The molecule has 0 spiro atoms. The van der Waals surface area contributed by atoms with Crippen LogP contribution in [0.2, 0.25) is 5.02 Å². The maximum absolute atomic E-state index is 13.2. The van der Waals surface area contributed by atoms with E-state index in [4.69, 9.17) is 11.6 Å². The van der Waals surface area contributed by atoms with E-state index >= 15 is 0 Å². The molecule has 0 fully saturated rings. The molecule has 1 aliphatic heterocycles. The lowest BCUT2D eigenvalue weighted by molar-refractivity contribution is 0.307. The Kier molecular flexibility index (Phi) is 8.32. The highest BCUT2D eigenvalue weighted by atomic mass is 35.5. The number of sulfonamides is 1. The molecule has 0 amide bonds. The fraction of sp³-hybridized carbons (Fsp3) is 0.478. The topological polar surface area (TPSA) is 81.2 Å². The SMILES string of the molecule is C[C@@H](CN(C)S(=O)(=O)c1ccc(N(C)C)cc1)CN(C)S(=O)(=O)N1CCc2cc(Cl)ccc2C1. The van der Waals surface area contributed by atoms with Gasteiger partial charge in [-0.2, -0.15) is 17.0 Å². The van der Waals surface area contributed by atoms with Crippen LogP contribution in [0.3, 0.4) is 0 Å². The number of fused-ring (bicyclic) bond motifs is 1. The zero-order chi connectivity index (χ0) is 25.3. The van der Waals surface area contributed by atoms with Gasteiger partial charge in [0.15, 0.2) is 0 Å². The molecule has 3 rings (SSSR count). The average Bonchev–Trinajstić information content (AvgIpc) is 2.78. The summed E-state index contributed by atoms with van der Waals surface area (Å²) in [6.45, 7) is 2.92. The summed E-state index contributed by atoms with van der Waals surface area (Å²) in [7, 11) is -0.527. The predicted molar refractivity (Wildman–Crippen MR) is 137 cm³/mol. The first kappa shape index (κ1) is 26.9. The first-order valence-electron chi connectivity index (χ1n) is 11.0.